The zero-order chi connectivity index (χ0) is 12.3. The summed E-state index contributed by atoms with van der Waals surface area (Å²) in [6, 6.07) is 0.589. The van der Waals surface area contributed by atoms with E-state index in [4.69, 9.17) is 0 Å². The van der Waals surface area contributed by atoms with E-state index in [-0.39, 0.29) is 6.42 Å². The summed E-state index contributed by atoms with van der Waals surface area (Å²) < 4.78 is 35.9. The summed E-state index contributed by atoms with van der Waals surface area (Å²) in [5, 5.41) is 3.50. The molecule has 1 saturated heterocycles. The molecule has 17 heavy (non-hydrogen) atoms. The molecule has 0 spiro atoms. The zero-order valence-corrected chi connectivity index (χ0v) is 10.1. The molecule has 2 fully saturated rings. The number of unbranched alkanes of at least 4 members (excludes halogenated alkanes) is 1. The van der Waals surface area contributed by atoms with Crippen molar-refractivity contribution in [3.63, 3.8) is 0 Å². The minimum absolute atomic E-state index is 0.265. The molecule has 1 N–H and O–H groups in total. The van der Waals surface area contributed by atoms with Crippen molar-refractivity contribution >= 4 is 0 Å². The van der Waals surface area contributed by atoms with Crippen molar-refractivity contribution in [1.29, 1.82) is 0 Å². The summed E-state index contributed by atoms with van der Waals surface area (Å²) in [6.45, 7) is 3.81. The van der Waals surface area contributed by atoms with Gasteiger partial charge < -0.3 is 10.2 Å². The lowest BCUT2D eigenvalue weighted by molar-refractivity contribution is -0.135. The van der Waals surface area contributed by atoms with Gasteiger partial charge in [0.15, 0.2) is 0 Å². The third-order valence-electron chi connectivity index (χ3n) is 3.67. The number of nitrogens with one attached hydrogen (secondary N) is 1. The van der Waals surface area contributed by atoms with Gasteiger partial charge in [-0.15, -0.1) is 0 Å². The third-order valence-corrected chi connectivity index (χ3v) is 3.67. The van der Waals surface area contributed by atoms with Crippen molar-refractivity contribution in [2.24, 2.45) is 5.92 Å². The molecule has 1 heterocycles. The Bertz CT molecular complexity index is 238. The molecule has 100 valence electrons. The molecule has 1 saturated carbocycles. The lowest BCUT2D eigenvalue weighted by atomic mass is 10.1. The van der Waals surface area contributed by atoms with Crippen LogP contribution in [0.1, 0.15) is 32.1 Å². The van der Waals surface area contributed by atoms with Crippen LogP contribution in [0.3, 0.4) is 0 Å². The smallest absolute Gasteiger partial charge is 0.311 e. The molecule has 0 bridgehead atoms. The molecular formula is C12H21F3N2. The Kier molecular flexibility index (Phi) is 4.31. The molecule has 1 atom stereocenters. The predicted molar refractivity (Wildman–Crippen MR) is 60.9 cm³/mol. The summed E-state index contributed by atoms with van der Waals surface area (Å²) in [5.41, 5.74) is 0. The zero-order valence-electron chi connectivity index (χ0n) is 10.1. The molecular weight excluding hydrogens is 229 g/mol. The van der Waals surface area contributed by atoms with Crippen LogP contribution in [0.2, 0.25) is 0 Å². The van der Waals surface area contributed by atoms with Crippen molar-refractivity contribution in [2.45, 2.75) is 44.3 Å². The van der Waals surface area contributed by atoms with Crippen LogP contribution in [-0.2, 0) is 0 Å². The molecule has 2 aliphatic rings. The van der Waals surface area contributed by atoms with E-state index in [1.54, 1.807) is 0 Å². The van der Waals surface area contributed by atoms with Crippen LogP contribution >= 0.6 is 0 Å². The van der Waals surface area contributed by atoms with Gasteiger partial charge >= 0.3 is 6.18 Å². The molecule has 1 aliphatic heterocycles. The van der Waals surface area contributed by atoms with Crippen molar-refractivity contribution < 1.29 is 13.2 Å². The van der Waals surface area contributed by atoms with Crippen molar-refractivity contribution in [1.82, 2.24) is 10.2 Å². The van der Waals surface area contributed by atoms with Gasteiger partial charge in [0.05, 0.1) is 0 Å². The van der Waals surface area contributed by atoms with Crippen LogP contribution in [0.4, 0.5) is 13.2 Å². The molecule has 0 aromatic rings. The SMILES string of the molecule is FC(F)(F)CCCCN1CCNC(C2CC2)C1. The molecule has 0 amide bonds. The molecule has 5 heteroatoms. The van der Waals surface area contributed by atoms with Gasteiger partial charge in [-0.25, -0.2) is 0 Å². The summed E-state index contributed by atoms with van der Waals surface area (Å²) in [7, 11) is 0. The minimum atomic E-state index is -3.99. The number of halogens is 3. The highest BCUT2D eigenvalue weighted by molar-refractivity contribution is 4.91. The van der Waals surface area contributed by atoms with E-state index >= 15 is 0 Å². The van der Waals surface area contributed by atoms with E-state index in [1.807, 2.05) is 0 Å². The average Bonchev–Trinajstić information content (AvgIpc) is 3.07. The highest BCUT2D eigenvalue weighted by Gasteiger charge is 2.33. The number of alkyl halides is 3. The fraction of sp³-hybridized carbons (Fsp3) is 1.00. The van der Waals surface area contributed by atoms with Crippen LogP contribution < -0.4 is 5.32 Å². The van der Waals surface area contributed by atoms with Crippen molar-refractivity contribution in [2.75, 3.05) is 26.2 Å². The average molecular weight is 250 g/mol. The topological polar surface area (TPSA) is 15.3 Å². The maximum atomic E-state index is 12.0. The van der Waals surface area contributed by atoms with Crippen LogP contribution in [-0.4, -0.2) is 43.3 Å². The summed E-state index contributed by atoms with van der Waals surface area (Å²) in [5.74, 6) is 0.827. The Morgan fingerprint density at radius 1 is 1.18 bits per heavy atom. The van der Waals surface area contributed by atoms with Crippen LogP contribution in [0.25, 0.3) is 0 Å². The molecule has 2 rings (SSSR count). The van der Waals surface area contributed by atoms with E-state index in [0.717, 1.165) is 32.1 Å². The maximum absolute atomic E-state index is 12.0. The Morgan fingerprint density at radius 3 is 2.59 bits per heavy atom. The first-order valence-electron chi connectivity index (χ1n) is 6.57. The third kappa shape index (κ3) is 4.84. The highest BCUT2D eigenvalue weighted by Crippen LogP contribution is 2.33. The van der Waals surface area contributed by atoms with Gasteiger partial charge in [0, 0.05) is 32.1 Å². The number of nitrogens with zero attached hydrogens (tertiary/aromatic N) is 1. The monoisotopic (exact) mass is 250 g/mol. The van der Waals surface area contributed by atoms with Gasteiger partial charge in [-0.1, -0.05) is 0 Å². The molecule has 0 aromatic heterocycles. The van der Waals surface area contributed by atoms with E-state index in [9.17, 15) is 13.2 Å². The van der Waals surface area contributed by atoms with Gasteiger partial charge in [0.1, 0.15) is 0 Å². The fourth-order valence-corrected chi connectivity index (χ4v) is 2.52. The van der Waals surface area contributed by atoms with E-state index in [0.29, 0.717) is 12.5 Å². The Morgan fingerprint density at radius 2 is 1.94 bits per heavy atom. The first-order valence-corrected chi connectivity index (χ1v) is 6.57. The second-order valence-electron chi connectivity index (χ2n) is 5.27. The first-order chi connectivity index (χ1) is 8.04. The van der Waals surface area contributed by atoms with Crippen LogP contribution in [0.5, 0.6) is 0 Å². The van der Waals surface area contributed by atoms with Crippen LogP contribution in [0, 0.1) is 5.92 Å². The summed E-state index contributed by atoms with van der Waals surface area (Å²) >= 11 is 0. The number of rotatable bonds is 5. The Labute approximate surface area is 101 Å². The molecule has 0 aromatic carbocycles. The molecule has 1 unspecified atom stereocenters. The predicted octanol–water partition coefficient (Wildman–Crippen LogP) is 2.40. The lowest BCUT2D eigenvalue weighted by Gasteiger charge is -2.33. The standard InChI is InChI=1S/C12H21F3N2/c13-12(14,15)5-1-2-7-17-8-6-16-11(9-17)10-3-4-10/h10-11,16H,1-9H2. The quantitative estimate of drug-likeness (QED) is 0.754. The summed E-state index contributed by atoms with van der Waals surface area (Å²) in [4.78, 5) is 2.32. The second-order valence-corrected chi connectivity index (χ2v) is 5.27. The van der Waals surface area contributed by atoms with E-state index in [2.05, 4.69) is 10.2 Å². The lowest BCUT2D eigenvalue weighted by Crippen LogP contribution is -2.51. The molecule has 0 radical (unpaired) electrons. The number of hydrogen-bond donors (Lipinski definition) is 1. The summed E-state index contributed by atoms with van der Waals surface area (Å²) in [6.07, 6.45) is -1.05. The Balaban J connectivity index is 1.58. The molecule has 2 nitrogen and oxygen atoms in total. The van der Waals surface area contributed by atoms with Gasteiger partial charge in [-0.05, 0) is 38.1 Å². The van der Waals surface area contributed by atoms with Gasteiger partial charge in [-0.2, -0.15) is 13.2 Å². The largest absolute Gasteiger partial charge is 0.389 e. The normalized spacial score (nSPS) is 27.4. The van der Waals surface area contributed by atoms with Crippen LogP contribution in [0.15, 0.2) is 0 Å². The van der Waals surface area contributed by atoms with E-state index < -0.39 is 12.6 Å². The van der Waals surface area contributed by atoms with Gasteiger partial charge in [-0.3, -0.25) is 0 Å². The molecule has 1 aliphatic carbocycles. The van der Waals surface area contributed by atoms with Crippen molar-refractivity contribution in [3.05, 3.63) is 0 Å². The number of piperazine rings is 1. The fourth-order valence-electron chi connectivity index (χ4n) is 2.52. The minimum Gasteiger partial charge on any atom is -0.311 e. The van der Waals surface area contributed by atoms with E-state index in [1.165, 1.54) is 12.8 Å². The van der Waals surface area contributed by atoms with Crippen molar-refractivity contribution in [3.8, 4) is 0 Å². The number of hydrogen-bond acceptors (Lipinski definition) is 2. The maximum Gasteiger partial charge on any atom is 0.389 e. The second kappa shape index (κ2) is 5.57. The Hall–Kier alpha value is -0.290. The highest BCUT2D eigenvalue weighted by atomic mass is 19.4. The van der Waals surface area contributed by atoms with Gasteiger partial charge in [0.2, 0.25) is 0 Å². The first kappa shape index (κ1) is 13.1. The van der Waals surface area contributed by atoms with Gasteiger partial charge in [0.25, 0.3) is 0 Å².